The summed E-state index contributed by atoms with van der Waals surface area (Å²) in [6.07, 6.45) is 4.06. The Labute approximate surface area is 172 Å². The van der Waals surface area contributed by atoms with E-state index >= 15 is 0 Å². The summed E-state index contributed by atoms with van der Waals surface area (Å²) >= 11 is 3.46. The van der Waals surface area contributed by atoms with Crippen LogP contribution >= 0.6 is 15.9 Å². The zero-order valence-corrected chi connectivity index (χ0v) is 17.4. The second-order valence-electron chi connectivity index (χ2n) is 6.67. The van der Waals surface area contributed by atoms with Crippen molar-refractivity contribution in [3.05, 3.63) is 45.6 Å². The van der Waals surface area contributed by atoms with Crippen molar-refractivity contribution >= 4 is 39.3 Å². The third-order valence-corrected chi connectivity index (χ3v) is 5.28. The number of ether oxygens (including phenoxy) is 1. The molecule has 1 saturated carbocycles. The number of hydrogen-bond acceptors (Lipinski definition) is 5. The van der Waals surface area contributed by atoms with Crippen molar-refractivity contribution in [3.63, 3.8) is 0 Å². The summed E-state index contributed by atoms with van der Waals surface area (Å²) in [6.45, 7) is 2.24. The van der Waals surface area contributed by atoms with Gasteiger partial charge in [-0.2, -0.15) is 0 Å². The topological polar surface area (TPSA) is 106 Å². The molecule has 148 valence electrons. The van der Waals surface area contributed by atoms with E-state index in [4.69, 9.17) is 10.5 Å². The number of para-hydroxylation sites is 1. The van der Waals surface area contributed by atoms with E-state index in [0.717, 1.165) is 22.9 Å². The first-order valence-corrected chi connectivity index (χ1v) is 9.92. The minimum atomic E-state index is -0.547. The molecule has 0 unspecified atom stereocenters. The van der Waals surface area contributed by atoms with Crippen LogP contribution in [-0.4, -0.2) is 31.3 Å². The highest BCUT2D eigenvalue weighted by Gasteiger charge is 2.30. The van der Waals surface area contributed by atoms with Crippen LogP contribution in [0.25, 0.3) is 0 Å². The highest BCUT2D eigenvalue weighted by Crippen LogP contribution is 2.35. The molecule has 2 amide bonds. The first-order chi connectivity index (χ1) is 13.4. The monoisotopic (exact) mass is 446 g/mol. The van der Waals surface area contributed by atoms with Crippen molar-refractivity contribution in [2.75, 3.05) is 19.0 Å². The standard InChI is InChI=1S/C20H23BrN4O3/c1-3-11-10-23-16(25-20(27)12-7-8-12)9-15(17(11)19(22)26)24-14-6-4-5-13(21)18(14)28-2/h4-6,9,12,24H,3,7-8,10H2,1-2H3,(H2,22,26)(H,23,25,27). The Morgan fingerprint density at radius 3 is 2.71 bits per heavy atom. The average Bonchev–Trinajstić information content (AvgIpc) is 3.49. The molecule has 1 aliphatic carbocycles. The van der Waals surface area contributed by atoms with E-state index in [1.807, 2.05) is 25.1 Å². The Bertz CT molecular complexity index is 901. The van der Waals surface area contributed by atoms with Crippen molar-refractivity contribution < 1.29 is 14.3 Å². The minimum absolute atomic E-state index is 0.0463. The van der Waals surface area contributed by atoms with E-state index in [1.165, 1.54) is 0 Å². The van der Waals surface area contributed by atoms with Gasteiger partial charge in [0, 0.05) is 12.0 Å². The van der Waals surface area contributed by atoms with E-state index < -0.39 is 5.91 Å². The van der Waals surface area contributed by atoms with E-state index in [-0.39, 0.29) is 11.8 Å². The van der Waals surface area contributed by atoms with Crippen LogP contribution in [0.2, 0.25) is 0 Å². The van der Waals surface area contributed by atoms with Crippen LogP contribution in [0.4, 0.5) is 5.69 Å². The summed E-state index contributed by atoms with van der Waals surface area (Å²) in [5, 5.41) is 6.10. The van der Waals surface area contributed by atoms with Gasteiger partial charge in [0.25, 0.3) is 5.91 Å². The number of methoxy groups -OCH3 is 1. The first kappa shape index (κ1) is 20.1. The molecule has 0 saturated heterocycles. The number of rotatable bonds is 6. The lowest BCUT2D eigenvalue weighted by molar-refractivity contribution is -0.120. The predicted molar refractivity (Wildman–Crippen MR) is 112 cm³/mol. The number of nitrogens with one attached hydrogen (secondary N) is 2. The Balaban J connectivity index is 2.01. The van der Waals surface area contributed by atoms with Gasteiger partial charge in [0.1, 0.15) is 5.84 Å². The van der Waals surface area contributed by atoms with Crippen LogP contribution in [0.3, 0.4) is 0 Å². The molecule has 8 heteroatoms. The summed E-state index contributed by atoms with van der Waals surface area (Å²) in [4.78, 5) is 28.9. The van der Waals surface area contributed by atoms with Gasteiger partial charge in [-0.1, -0.05) is 13.0 Å². The van der Waals surface area contributed by atoms with E-state index in [9.17, 15) is 9.59 Å². The molecule has 0 atom stereocenters. The van der Waals surface area contributed by atoms with Crippen molar-refractivity contribution in [2.45, 2.75) is 26.2 Å². The third-order valence-electron chi connectivity index (χ3n) is 4.66. The van der Waals surface area contributed by atoms with Gasteiger partial charge in [-0.05, 0) is 52.9 Å². The summed E-state index contributed by atoms with van der Waals surface area (Å²) in [5.41, 5.74) is 8.02. The van der Waals surface area contributed by atoms with Crippen LogP contribution in [0, 0.1) is 5.92 Å². The Morgan fingerprint density at radius 2 is 2.11 bits per heavy atom. The maximum absolute atomic E-state index is 12.3. The van der Waals surface area contributed by atoms with E-state index in [1.54, 1.807) is 13.2 Å². The molecule has 0 aromatic heterocycles. The van der Waals surface area contributed by atoms with Crippen molar-refractivity contribution in [3.8, 4) is 5.75 Å². The lowest BCUT2D eigenvalue weighted by Crippen LogP contribution is -2.31. The third kappa shape index (κ3) is 4.44. The number of carbonyl (C=O) groups is 2. The number of anilines is 1. The zero-order chi connectivity index (χ0) is 20.3. The summed E-state index contributed by atoms with van der Waals surface area (Å²) in [5.74, 6) is 0.463. The molecule has 28 heavy (non-hydrogen) atoms. The van der Waals surface area contributed by atoms with Gasteiger partial charge < -0.3 is 21.1 Å². The lowest BCUT2D eigenvalue weighted by atomic mass is 10.0. The van der Waals surface area contributed by atoms with Crippen LogP contribution in [0.5, 0.6) is 5.75 Å². The van der Waals surface area contributed by atoms with E-state index in [0.29, 0.717) is 41.5 Å². The molecule has 1 fully saturated rings. The smallest absolute Gasteiger partial charge is 0.250 e. The Hall–Kier alpha value is -2.61. The number of halogens is 1. The number of benzene rings is 1. The molecule has 1 aromatic carbocycles. The maximum atomic E-state index is 12.3. The minimum Gasteiger partial charge on any atom is -0.493 e. The number of hydrogen-bond donors (Lipinski definition) is 3. The molecule has 1 aliphatic heterocycles. The SMILES string of the molecule is CCC1=C(C(N)=O)C(Nc2cccc(Br)c2OC)=CC(NC(=O)C2CC2)=NC1. The highest BCUT2D eigenvalue weighted by molar-refractivity contribution is 9.10. The molecule has 4 N–H and O–H groups in total. The quantitative estimate of drug-likeness (QED) is 0.624. The van der Waals surface area contributed by atoms with Crippen LogP contribution in [-0.2, 0) is 9.59 Å². The van der Waals surface area contributed by atoms with Gasteiger partial charge in [-0.3, -0.25) is 14.6 Å². The lowest BCUT2D eigenvalue weighted by Gasteiger charge is -2.17. The highest BCUT2D eigenvalue weighted by atomic mass is 79.9. The average molecular weight is 447 g/mol. The van der Waals surface area contributed by atoms with Gasteiger partial charge in [-0.15, -0.1) is 0 Å². The molecule has 0 spiro atoms. The van der Waals surface area contributed by atoms with Crippen LogP contribution in [0.1, 0.15) is 26.2 Å². The molecule has 1 aromatic rings. The molecule has 0 radical (unpaired) electrons. The largest absolute Gasteiger partial charge is 0.493 e. The number of amides is 2. The summed E-state index contributed by atoms with van der Waals surface area (Å²) in [7, 11) is 1.57. The van der Waals surface area contributed by atoms with Gasteiger partial charge in [0.05, 0.1) is 35.1 Å². The fourth-order valence-electron chi connectivity index (χ4n) is 3.01. The molecule has 2 aliphatic rings. The Kier molecular flexibility index (Phi) is 6.18. The molecule has 7 nitrogen and oxygen atoms in total. The van der Waals surface area contributed by atoms with Crippen LogP contribution in [0.15, 0.2) is 50.6 Å². The van der Waals surface area contributed by atoms with Crippen molar-refractivity contribution in [2.24, 2.45) is 16.6 Å². The summed E-state index contributed by atoms with van der Waals surface area (Å²) in [6, 6.07) is 5.54. The van der Waals surface area contributed by atoms with Gasteiger partial charge in [0.2, 0.25) is 5.91 Å². The number of nitrogens with zero attached hydrogens (tertiary/aromatic N) is 1. The number of primary amides is 1. The number of carbonyl (C=O) groups excluding carboxylic acids is 2. The van der Waals surface area contributed by atoms with Gasteiger partial charge in [0.15, 0.2) is 5.75 Å². The molecular formula is C20H23BrN4O3. The Morgan fingerprint density at radius 1 is 1.36 bits per heavy atom. The second-order valence-corrected chi connectivity index (χ2v) is 7.52. The van der Waals surface area contributed by atoms with Crippen molar-refractivity contribution in [1.29, 1.82) is 0 Å². The fraction of sp³-hybridized carbons (Fsp3) is 0.350. The molecule has 1 heterocycles. The summed E-state index contributed by atoms with van der Waals surface area (Å²) < 4.78 is 6.23. The molecule has 0 bridgehead atoms. The maximum Gasteiger partial charge on any atom is 0.250 e. The number of nitrogens with two attached hydrogens (primary N) is 1. The zero-order valence-electron chi connectivity index (χ0n) is 15.8. The second kappa shape index (κ2) is 8.60. The molecular weight excluding hydrogens is 424 g/mol. The fourth-order valence-corrected chi connectivity index (χ4v) is 3.54. The number of amidine groups is 1. The van der Waals surface area contributed by atoms with Crippen molar-refractivity contribution in [1.82, 2.24) is 5.32 Å². The van der Waals surface area contributed by atoms with Crippen LogP contribution < -0.4 is 21.1 Å². The first-order valence-electron chi connectivity index (χ1n) is 9.13. The predicted octanol–water partition coefficient (Wildman–Crippen LogP) is 2.88. The number of aliphatic imine (C=N–C) groups is 1. The normalized spacial score (nSPS) is 16.7. The van der Waals surface area contributed by atoms with Gasteiger partial charge in [-0.25, -0.2) is 0 Å². The van der Waals surface area contributed by atoms with E-state index in [2.05, 4.69) is 31.6 Å². The molecule has 3 rings (SSSR count). The van der Waals surface area contributed by atoms with Gasteiger partial charge >= 0.3 is 0 Å².